The Labute approximate surface area is 127 Å². The molecule has 1 atom stereocenters. The first-order chi connectivity index (χ1) is 10.3. The van der Waals surface area contributed by atoms with E-state index in [0.29, 0.717) is 6.42 Å². The first-order valence-corrected chi connectivity index (χ1v) is 8.58. The lowest BCUT2D eigenvalue weighted by molar-refractivity contribution is -0.148. The molecule has 0 spiro atoms. The Morgan fingerprint density at radius 1 is 1.36 bits per heavy atom. The summed E-state index contributed by atoms with van der Waals surface area (Å²) in [7, 11) is -3.04. The Bertz CT molecular complexity index is 674. The van der Waals surface area contributed by atoms with E-state index in [1.165, 1.54) is 18.2 Å². The third-order valence-corrected chi connectivity index (χ3v) is 5.09. The molecule has 1 aliphatic heterocycles. The number of amides is 1. The summed E-state index contributed by atoms with van der Waals surface area (Å²) in [6.45, 7) is -0.491. The quantitative estimate of drug-likeness (QED) is 0.818. The molecule has 1 saturated heterocycles. The van der Waals surface area contributed by atoms with E-state index in [9.17, 15) is 22.4 Å². The van der Waals surface area contributed by atoms with E-state index >= 15 is 0 Å². The maximum absolute atomic E-state index is 12.9. The summed E-state index contributed by atoms with van der Waals surface area (Å²) in [4.78, 5) is 23.1. The number of carbonyl (C=O) groups excluding carboxylic acids is 2. The number of nitrogens with one attached hydrogen (secondary N) is 1. The molecule has 1 N–H and O–H groups in total. The van der Waals surface area contributed by atoms with Gasteiger partial charge in [-0.25, -0.2) is 12.8 Å². The van der Waals surface area contributed by atoms with Crippen LogP contribution in [0.25, 0.3) is 0 Å². The fraction of sp³-hybridized carbons (Fsp3) is 0.429. The van der Waals surface area contributed by atoms with Gasteiger partial charge in [-0.1, -0.05) is 6.07 Å². The average Bonchev–Trinajstić information content (AvgIpc) is 2.75. The van der Waals surface area contributed by atoms with E-state index in [2.05, 4.69) is 5.32 Å². The van der Waals surface area contributed by atoms with Crippen LogP contribution in [-0.4, -0.2) is 38.4 Å². The molecule has 6 nitrogen and oxygen atoms in total. The van der Waals surface area contributed by atoms with Crippen LogP contribution < -0.4 is 5.32 Å². The standard InChI is InChI=1S/C14H16FNO5S/c15-11-2-1-3-12(7-11)16-13(17)8-21-14(18)6-10-4-5-22(19,20)9-10/h1-3,7,10H,4-6,8-9H2,(H,16,17)/t10-/m1/s1. The van der Waals surface area contributed by atoms with E-state index in [-0.39, 0.29) is 29.5 Å². The van der Waals surface area contributed by atoms with Crippen molar-refractivity contribution >= 4 is 27.4 Å². The molecule has 0 aromatic heterocycles. The van der Waals surface area contributed by atoms with Crippen molar-refractivity contribution in [3.8, 4) is 0 Å². The van der Waals surface area contributed by atoms with Crippen LogP contribution in [0.4, 0.5) is 10.1 Å². The van der Waals surface area contributed by atoms with Crippen molar-refractivity contribution in [1.82, 2.24) is 0 Å². The fourth-order valence-electron chi connectivity index (χ4n) is 2.24. The van der Waals surface area contributed by atoms with Gasteiger partial charge < -0.3 is 10.1 Å². The highest BCUT2D eigenvalue weighted by Crippen LogP contribution is 2.21. The zero-order valence-corrected chi connectivity index (χ0v) is 12.6. The van der Waals surface area contributed by atoms with Crippen LogP contribution in [0.1, 0.15) is 12.8 Å². The van der Waals surface area contributed by atoms with Gasteiger partial charge in [0.2, 0.25) is 0 Å². The van der Waals surface area contributed by atoms with Crippen molar-refractivity contribution in [1.29, 1.82) is 0 Å². The normalized spacial score (nSPS) is 19.6. The molecule has 0 saturated carbocycles. The molecular formula is C14H16FNO5S. The third kappa shape index (κ3) is 5.10. The van der Waals surface area contributed by atoms with Crippen LogP contribution in [0.5, 0.6) is 0 Å². The van der Waals surface area contributed by atoms with Gasteiger partial charge in [0.25, 0.3) is 5.91 Å². The minimum absolute atomic E-state index is 0.0163. The number of anilines is 1. The molecule has 0 aliphatic carbocycles. The maximum atomic E-state index is 12.9. The second kappa shape index (κ2) is 6.87. The lowest BCUT2D eigenvalue weighted by Gasteiger charge is -2.09. The van der Waals surface area contributed by atoms with E-state index in [1.807, 2.05) is 0 Å². The van der Waals surface area contributed by atoms with Crippen LogP contribution in [0.2, 0.25) is 0 Å². The minimum atomic E-state index is -3.04. The zero-order valence-electron chi connectivity index (χ0n) is 11.7. The molecule has 1 aliphatic rings. The first kappa shape index (κ1) is 16.4. The molecule has 1 aromatic rings. The number of halogens is 1. The largest absolute Gasteiger partial charge is 0.456 e. The second-order valence-corrected chi connectivity index (χ2v) is 7.42. The van der Waals surface area contributed by atoms with E-state index in [4.69, 9.17) is 4.74 Å². The van der Waals surface area contributed by atoms with Gasteiger partial charge >= 0.3 is 5.97 Å². The number of hydrogen-bond donors (Lipinski definition) is 1. The average molecular weight is 329 g/mol. The summed E-state index contributed by atoms with van der Waals surface area (Å²) in [6.07, 6.45) is 0.416. The van der Waals surface area contributed by atoms with Crippen LogP contribution in [0.15, 0.2) is 24.3 Å². The highest BCUT2D eigenvalue weighted by atomic mass is 32.2. The van der Waals surface area contributed by atoms with E-state index < -0.39 is 34.1 Å². The molecule has 22 heavy (non-hydrogen) atoms. The van der Waals surface area contributed by atoms with Gasteiger partial charge in [0.1, 0.15) is 5.82 Å². The monoisotopic (exact) mass is 329 g/mol. The number of benzene rings is 1. The lowest BCUT2D eigenvalue weighted by atomic mass is 10.1. The highest BCUT2D eigenvalue weighted by molar-refractivity contribution is 7.91. The summed E-state index contributed by atoms with van der Waals surface area (Å²) in [5.41, 5.74) is 0.267. The summed E-state index contributed by atoms with van der Waals surface area (Å²) in [5.74, 6) is -1.86. The van der Waals surface area contributed by atoms with Gasteiger partial charge in [0.15, 0.2) is 16.4 Å². The number of sulfone groups is 1. The number of rotatable bonds is 5. The molecule has 0 bridgehead atoms. The topological polar surface area (TPSA) is 89.5 Å². The minimum Gasteiger partial charge on any atom is -0.456 e. The summed E-state index contributed by atoms with van der Waals surface area (Å²) in [6, 6.07) is 5.33. The summed E-state index contributed by atoms with van der Waals surface area (Å²) in [5, 5.41) is 2.39. The van der Waals surface area contributed by atoms with Gasteiger partial charge in [0, 0.05) is 12.1 Å². The Morgan fingerprint density at radius 3 is 2.77 bits per heavy atom. The van der Waals surface area contributed by atoms with Crippen molar-refractivity contribution in [2.24, 2.45) is 5.92 Å². The first-order valence-electron chi connectivity index (χ1n) is 6.75. The van der Waals surface area contributed by atoms with Crippen LogP contribution in [0.3, 0.4) is 0 Å². The highest BCUT2D eigenvalue weighted by Gasteiger charge is 2.29. The van der Waals surface area contributed by atoms with Crippen molar-refractivity contribution < 1.29 is 27.1 Å². The molecule has 0 unspecified atom stereocenters. The van der Waals surface area contributed by atoms with Crippen LogP contribution >= 0.6 is 0 Å². The number of esters is 1. The van der Waals surface area contributed by atoms with Gasteiger partial charge in [0.05, 0.1) is 11.5 Å². The molecule has 120 valence electrons. The van der Waals surface area contributed by atoms with Gasteiger partial charge in [-0.15, -0.1) is 0 Å². The Morgan fingerprint density at radius 2 is 2.14 bits per heavy atom. The van der Waals surface area contributed by atoms with Gasteiger partial charge in [-0.2, -0.15) is 0 Å². The van der Waals surface area contributed by atoms with Crippen molar-refractivity contribution in [3.05, 3.63) is 30.1 Å². The van der Waals surface area contributed by atoms with Crippen LogP contribution in [-0.2, 0) is 24.2 Å². The summed E-state index contributed by atoms with van der Waals surface area (Å²) >= 11 is 0. The molecule has 2 rings (SSSR count). The van der Waals surface area contributed by atoms with E-state index in [1.54, 1.807) is 0 Å². The number of hydrogen-bond acceptors (Lipinski definition) is 5. The summed E-state index contributed by atoms with van der Waals surface area (Å²) < 4.78 is 40.3. The number of ether oxygens (including phenoxy) is 1. The molecular weight excluding hydrogens is 313 g/mol. The molecule has 1 aromatic carbocycles. The molecule has 0 radical (unpaired) electrons. The number of carbonyl (C=O) groups is 2. The fourth-order valence-corrected chi connectivity index (χ4v) is 4.10. The predicted molar refractivity (Wildman–Crippen MR) is 77.4 cm³/mol. The molecule has 8 heteroatoms. The Hall–Kier alpha value is -1.96. The van der Waals surface area contributed by atoms with Crippen molar-refractivity contribution in [3.63, 3.8) is 0 Å². The van der Waals surface area contributed by atoms with E-state index in [0.717, 1.165) is 6.07 Å². The van der Waals surface area contributed by atoms with Gasteiger partial charge in [-0.05, 0) is 30.5 Å². The Kier molecular flexibility index (Phi) is 5.12. The third-order valence-electron chi connectivity index (χ3n) is 3.25. The lowest BCUT2D eigenvalue weighted by Crippen LogP contribution is -2.22. The molecule has 1 amide bonds. The van der Waals surface area contributed by atoms with Crippen LogP contribution in [0, 0.1) is 11.7 Å². The smallest absolute Gasteiger partial charge is 0.306 e. The molecule has 1 heterocycles. The van der Waals surface area contributed by atoms with Crippen molar-refractivity contribution in [2.75, 3.05) is 23.4 Å². The second-order valence-electron chi connectivity index (χ2n) is 5.19. The zero-order chi connectivity index (χ0) is 16.2. The maximum Gasteiger partial charge on any atom is 0.306 e. The predicted octanol–water partition coefficient (Wildman–Crippen LogP) is 1.13. The van der Waals surface area contributed by atoms with Crippen molar-refractivity contribution in [2.45, 2.75) is 12.8 Å². The molecule has 1 fully saturated rings. The SMILES string of the molecule is O=C(COC(=O)C[C@H]1CCS(=O)(=O)C1)Nc1cccc(F)c1. The Balaban J connectivity index is 1.73. The van der Waals surface area contributed by atoms with Gasteiger partial charge in [-0.3, -0.25) is 9.59 Å².